The summed E-state index contributed by atoms with van der Waals surface area (Å²) in [6.45, 7) is 0.181. The number of nitrogens with one attached hydrogen (secondary N) is 1. The summed E-state index contributed by atoms with van der Waals surface area (Å²) < 4.78 is 32.2. The number of hydrogen-bond donors (Lipinski definition) is 1. The zero-order valence-electron chi connectivity index (χ0n) is 12.4. The fourth-order valence-electron chi connectivity index (χ4n) is 2.14. The maximum atomic E-state index is 12.3. The summed E-state index contributed by atoms with van der Waals surface area (Å²) in [5, 5.41) is 0. The highest BCUT2D eigenvalue weighted by atomic mass is 32.2. The predicted octanol–water partition coefficient (Wildman–Crippen LogP) is 2.12. The second kappa shape index (κ2) is 6.31. The van der Waals surface area contributed by atoms with Crippen molar-refractivity contribution in [3.05, 3.63) is 60.4 Å². The van der Waals surface area contributed by atoms with Gasteiger partial charge in [0.2, 0.25) is 10.0 Å². The molecule has 0 aliphatic heterocycles. The SMILES string of the molecule is COc1ccc(S(=O)(=O)NCc2ccc3nccnc3c2)cc1. The van der Waals surface area contributed by atoms with Crippen LogP contribution in [0.25, 0.3) is 11.0 Å². The molecular weight excluding hydrogens is 314 g/mol. The molecule has 118 valence electrons. The van der Waals surface area contributed by atoms with E-state index in [1.165, 1.54) is 19.2 Å². The highest BCUT2D eigenvalue weighted by Crippen LogP contribution is 2.16. The Hall–Kier alpha value is -2.51. The molecule has 3 rings (SSSR count). The van der Waals surface area contributed by atoms with Crippen LogP contribution in [0.15, 0.2) is 59.8 Å². The van der Waals surface area contributed by atoms with Crippen molar-refractivity contribution in [3.8, 4) is 5.75 Å². The number of ether oxygens (including phenoxy) is 1. The van der Waals surface area contributed by atoms with Crippen LogP contribution in [0.4, 0.5) is 0 Å². The number of benzene rings is 2. The fraction of sp³-hybridized carbons (Fsp3) is 0.125. The van der Waals surface area contributed by atoms with Gasteiger partial charge in [0.1, 0.15) is 5.75 Å². The molecule has 1 aromatic heterocycles. The minimum atomic E-state index is -3.58. The minimum Gasteiger partial charge on any atom is -0.497 e. The molecule has 1 N–H and O–H groups in total. The highest BCUT2D eigenvalue weighted by molar-refractivity contribution is 7.89. The van der Waals surface area contributed by atoms with E-state index in [2.05, 4.69) is 14.7 Å². The lowest BCUT2D eigenvalue weighted by molar-refractivity contribution is 0.414. The van der Waals surface area contributed by atoms with Crippen molar-refractivity contribution in [2.24, 2.45) is 0 Å². The van der Waals surface area contributed by atoms with Gasteiger partial charge in [0.05, 0.1) is 23.0 Å². The summed E-state index contributed by atoms with van der Waals surface area (Å²) in [6, 6.07) is 11.7. The fourth-order valence-corrected chi connectivity index (χ4v) is 3.15. The number of fused-ring (bicyclic) bond motifs is 1. The Balaban J connectivity index is 1.77. The van der Waals surface area contributed by atoms with Gasteiger partial charge in [0.15, 0.2) is 0 Å². The van der Waals surface area contributed by atoms with Crippen LogP contribution < -0.4 is 9.46 Å². The van der Waals surface area contributed by atoms with Crippen LogP contribution in [0.3, 0.4) is 0 Å². The first-order valence-electron chi connectivity index (χ1n) is 6.92. The number of rotatable bonds is 5. The molecule has 0 bridgehead atoms. The zero-order valence-corrected chi connectivity index (χ0v) is 13.2. The number of methoxy groups -OCH3 is 1. The molecule has 2 aromatic carbocycles. The molecular formula is C16H15N3O3S. The average Bonchev–Trinajstić information content (AvgIpc) is 2.60. The zero-order chi connectivity index (χ0) is 16.3. The molecule has 6 nitrogen and oxygen atoms in total. The van der Waals surface area contributed by atoms with Crippen LogP contribution in [0.1, 0.15) is 5.56 Å². The van der Waals surface area contributed by atoms with Gasteiger partial charge in [-0.05, 0) is 42.0 Å². The van der Waals surface area contributed by atoms with E-state index in [0.717, 1.165) is 16.6 Å². The molecule has 7 heteroatoms. The summed E-state index contributed by atoms with van der Waals surface area (Å²) >= 11 is 0. The smallest absolute Gasteiger partial charge is 0.240 e. The van der Waals surface area contributed by atoms with Crippen molar-refractivity contribution in [3.63, 3.8) is 0 Å². The summed E-state index contributed by atoms with van der Waals surface area (Å²) in [4.78, 5) is 8.59. The van der Waals surface area contributed by atoms with Crippen LogP contribution in [-0.4, -0.2) is 25.5 Å². The number of hydrogen-bond acceptors (Lipinski definition) is 5. The second-order valence-electron chi connectivity index (χ2n) is 4.88. The van der Waals surface area contributed by atoms with Gasteiger partial charge in [-0.2, -0.15) is 0 Å². The summed E-state index contributed by atoms with van der Waals surface area (Å²) in [6.07, 6.45) is 3.22. The lowest BCUT2D eigenvalue weighted by Gasteiger charge is -2.08. The molecule has 0 amide bonds. The first-order valence-corrected chi connectivity index (χ1v) is 8.40. The highest BCUT2D eigenvalue weighted by Gasteiger charge is 2.13. The Kier molecular flexibility index (Phi) is 4.22. The van der Waals surface area contributed by atoms with Crippen LogP contribution in [0.5, 0.6) is 5.75 Å². The van der Waals surface area contributed by atoms with E-state index in [1.807, 2.05) is 18.2 Å². The van der Waals surface area contributed by atoms with E-state index in [-0.39, 0.29) is 11.4 Å². The first kappa shape index (κ1) is 15.4. The van der Waals surface area contributed by atoms with Gasteiger partial charge in [-0.3, -0.25) is 9.97 Å². The molecule has 0 unspecified atom stereocenters. The van der Waals surface area contributed by atoms with E-state index in [9.17, 15) is 8.42 Å². The van der Waals surface area contributed by atoms with Crippen molar-refractivity contribution in [1.29, 1.82) is 0 Å². The van der Waals surface area contributed by atoms with Gasteiger partial charge in [0, 0.05) is 18.9 Å². The molecule has 0 fully saturated rings. The van der Waals surface area contributed by atoms with E-state index in [4.69, 9.17) is 4.74 Å². The second-order valence-corrected chi connectivity index (χ2v) is 6.65. The van der Waals surface area contributed by atoms with Gasteiger partial charge >= 0.3 is 0 Å². The van der Waals surface area contributed by atoms with E-state index < -0.39 is 10.0 Å². The minimum absolute atomic E-state index is 0.181. The largest absolute Gasteiger partial charge is 0.497 e. The summed E-state index contributed by atoms with van der Waals surface area (Å²) in [7, 11) is -2.05. The van der Waals surface area contributed by atoms with Gasteiger partial charge in [-0.25, -0.2) is 13.1 Å². The molecule has 0 saturated carbocycles. The van der Waals surface area contributed by atoms with Crippen molar-refractivity contribution in [1.82, 2.24) is 14.7 Å². The molecule has 0 atom stereocenters. The summed E-state index contributed by atoms with van der Waals surface area (Å²) in [5.41, 5.74) is 2.32. The predicted molar refractivity (Wildman–Crippen MR) is 86.6 cm³/mol. The van der Waals surface area contributed by atoms with Crippen molar-refractivity contribution in [2.75, 3.05) is 7.11 Å². The van der Waals surface area contributed by atoms with Gasteiger partial charge in [0.25, 0.3) is 0 Å². The van der Waals surface area contributed by atoms with Gasteiger partial charge in [-0.1, -0.05) is 6.07 Å². The topological polar surface area (TPSA) is 81.2 Å². The molecule has 23 heavy (non-hydrogen) atoms. The molecule has 0 aliphatic rings. The average molecular weight is 329 g/mol. The molecule has 0 saturated heterocycles. The van der Waals surface area contributed by atoms with Crippen LogP contribution in [0.2, 0.25) is 0 Å². The normalized spacial score (nSPS) is 11.5. The Morgan fingerprint density at radius 1 is 1.00 bits per heavy atom. The molecule has 3 aromatic rings. The maximum absolute atomic E-state index is 12.3. The molecule has 1 heterocycles. The Labute approximate surface area is 134 Å². The van der Waals surface area contributed by atoms with Crippen LogP contribution in [-0.2, 0) is 16.6 Å². The molecule has 0 aliphatic carbocycles. The lowest BCUT2D eigenvalue weighted by atomic mass is 10.2. The van der Waals surface area contributed by atoms with E-state index >= 15 is 0 Å². The molecule has 0 radical (unpaired) electrons. The third kappa shape index (κ3) is 3.46. The maximum Gasteiger partial charge on any atom is 0.240 e. The number of sulfonamides is 1. The number of nitrogens with zero attached hydrogens (tertiary/aromatic N) is 2. The standard InChI is InChI=1S/C16H15N3O3S/c1-22-13-3-5-14(6-4-13)23(20,21)19-11-12-2-7-15-16(10-12)18-9-8-17-15/h2-10,19H,11H2,1H3. The Morgan fingerprint density at radius 3 is 2.39 bits per heavy atom. The lowest BCUT2D eigenvalue weighted by Crippen LogP contribution is -2.23. The first-order chi connectivity index (χ1) is 11.1. The van der Waals surface area contributed by atoms with Gasteiger partial charge < -0.3 is 4.74 Å². The third-order valence-electron chi connectivity index (χ3n) is 3.37. The quantitative estimate of drug-likeness (QED) is 0.775. The third-order valence-corrected chi connectivity index (χ3v) is 4.79. The Morgan fingerprint density at radius 2 is 1.70 bits per heavy atom. The monoisotopic (exact) mass is 329 g/mol. The summed E-state index contributed by atoms with van der Waals surface area (Å²) in [5.74, 6) is 0.608. The van der Waals surface area contributed by atoms with Gasteiger partial charge in [-0.15, -0.1) is 0 Å². The Bertz CT molecular complexity index is 925. The van der Waals surface area contributed by atoms with Crippen molar-refractivity contribution < 1.29 is 13.2 Å². The van der Waals surface area contributed by atoms with Crippen molar-refractivity contribution in [2.45, 2.75) is 11.4 Å². The molecule has 0 spiro atoms. The number of aromatic nitrogens is 2. The van der Waals surface area contributed by atoms with E-state index in [1.54, 1.807) is 24.5 Å². The van der Waals surface area contributed by atoms with Crippen molar-refractivity contribution >= 4 is 21.1 Å². The van der Waals surface area contributed by atoms with E-state index in [0.29, 0.717) is 5.75 Å². The van der Waals surface area contributed by atoms with Crippen LogP contribution >= 0.6 is 0 Å². The van der Waals surface area contributed by atoms with Crippen LogP contribution in [0, 0.1) is 0 Å².